The molecule has 0 radical (unpaired) electrons. The van der Waals surface area contributed by atoms with Crippen LogP contribution in [0.1, 0.15) is 29.7 Å². The molecule has 1 aliphatic carbocycles. The molecule has 0 bridgehead atoms. The second kappa shape index (κ2) is 7.50. The molecule has 4 rings (SSSR count). The van der Waals surface area contributed by atoms with Crippen LogP contribution in [0.2, 0.25) is 0 Å². The van der Waals surface area contributed by atoms with E-state index in [0.29, 0.717) is 24.6 Å². The van der Waals surface area contributed by atoms with E-state index >= 15 is 0 Å². The maximum Gasteiger partial charge on any atom is 0.280 e. The number of nitrogens with zero attached hydrogens (tertiary/aromatic N) is 2. The summed E-state index contributed by atoms with van der Waals surface area (Å²) in [4.78, 5) is 27.9. The molecule has 1 aromatic carbocycles. The Morgan fingerprint density at radius 2 is 1.92 bits per heavy atom. The van der Waals surface area contributed by atoms with Crippen molar-refractivity contribution < 1.29 is 9.32 Å². The van der Waals surface area contributed by atoms with Gasteiger partial charge in [-0.25, -0.2) is 0 Å². The number of benzene rings is 1. The summed E-state index contributed by atoms with van der Waals surface area (Å²) in [6.45, 7) is 3.46. The Morgan fingerprint density at radius 1 is 1.15 bits per heavy atom. The molecule has 26 heavy (non-hydrogen) atoms. The predicted octanol–water partition coefficient (Wildman–Crippen LogP) is 1.60. The van der Waals surface area contributed by atoms with Crippen LogP contribution in [-0.2, 0) is 24.1 Å². The van der Waals surface area contributed by atoms with Crippen LogP contribution in [-0.4, -0.2) is 53.1 Å². The lowest BCUT2D eigenvalue weighted by Crippen LogP contribution is -2.53. The van der Waals surface area contributed by atoms with Gasteiger partial charge in [0.1, 0.15) is 5.76 Å². The summed E-state index contributed by atoms with van der Waals surface area (Å²) in [7, 11) is 0. The van der Waals surface area contributed by atoms with Crippen molar-refractivity contribution in [2.24, 2.45) is 0 Å². The zero-order valence-corrected chi connectivity index (χ0v) is 14.9. The molecule has 1 saturated heterocycles. The smallest absolute Gasteiger partial charge is 0.280 e. The van der Waals surface area contributed by atoms with Crippen LogP contribution in [0.3, 0.4) is 0 Å². The van der Waals surface area contributed by atoms with Crippen LogP contribution in [0.15, 0.2) is 39.6 Å². The first-order valence-electron chi connectivity index (χ1n) is 9.45. The number of hydrogen-bond acceptors (Lipinski definition) is 4. The Balaban J connectivity index is 1.26. The van der Waals surface area contributed by atoms with Crippen molar-refractivity contribution in [3.05, 3.63) is 57.6 Å². The number of carbonyl (C=O) groups excluding carboxylic acids is 1. The van der Waals surface area contributed by atoms with Crippen LogP contribution in [0.5, 0.6) is 0 Å². The maximum absolute atomic E-state index is 12.4. The van der Waals surface area contributed by atoms with E-state index in [2.05, 4.69) is 34.3 Å². The van der Waals surface area contributed by atoms with Crippen molar-refractivity contribution in [1.82, 2.24) is 15.0 Å². The molecular weight excluding hydrogens is 330 g/mol. The van der Waals surface area contributed by atoms with Gasteiger partial charge in [0.15, 0.2) is 0 Å². The molecule has 1 N–H and O–H groups in total. The summed E-state index contributed by atoms with van der Waals surface area (Å²) >= 11 is 0. The van der Waals surface area contributed by atoms with E-state index in [1.807, 2.05) is 4.90 Å². The minimum atomic E-state index is -0.255. The molecule has 2 aromatic rings. The average Bonchev–Trinajstić information content (AvgIpc) is 3.11. The van der Waals surface area contributed by atoms with Crippen molar-refractivity contribution in [2.75, 3.05) is 26.2 Å². The van der Waals surface area contributed by atoms with Crippen LogP contribution in [0.4, 0.5) is 0 Å². The van der Waals surface area contributed by atoms with Gasteiger partial charge in [0.2, 0.25) is 5.91 Å². The van der Waals surface area contributed by atoms with E-state index < -0.39 is 0 Å². The number of aromatic amines is 1. The summed E-state index contributed by atoms with van der Waals surface area (Å²) in [5, 5.41) is 2.26. The number of hydrogen-bond donors (Lipinski definition) is 1. The van der Waals surface area contributed by atoms with Crippen LogP contribution in [0, 0.1) is 0 Å². The molecular formula is C20H25N3O3. The number of carbonyl (C=O) groups is 1. The number of amides is 1. The number of H-pyrrole nitrogens is 1. The highest BCUT2D eigenvalue weighted by Crippen LogP contribution is 2.25. The van der Waals surface area contributed by atoms with Crippen LogP contribution < -0.4 is 5.56 Å². The van der Waals surface area contributed by atoms with Crippen molar-refractivity contribution in [1.29, 1.82) is 0 Å². The van der Waals surface area contributed by atoms with Gasteiger partial charge in [0, 0.05) is 51.1 Å². The zero-order chi connectivity index (χ0) is 17.9. The van der Waals surface area contributed by atoms with E-state index in [0.717, 1.165) is 39.0 Å². The van der Waals surface area contributed by atoms with Crippen molar-refractivity contribution in [3.8, 4) is 0 Å². The maximum atomic E-state index is 12.4. The van der Waals surface area contributed by atoms with Crippen molar-refractivity contribution in [3.63, 3.8) is 0 Å². The highest BCUT2D eigenvalue weighted by atomic mass is 16.5. The van der Waals surface area contributed by atoms with E-state index in [-0.39, 0.29) is 11.5 Å². The molecule has 1 unspecified atom stereocenters. The van der Waals surface area contributed by atoms with Gasteiger partial charge in [-0.15, -0.1) is 0 Å². The molecule has 1 aromatic heterocycles. The molecule has 1 aliphatic heterocycles. The van der Waals surface area contributed by atoms with Crippen LogP contribution in [0.25, 0.3) is 0 Å². The Morgan fingerprint density at radius 3 is 2.65 bits per heavy atom. The van der Waals surface area contributed by atoms with Gasteiger partial charge in [-0.2, -0.15) is 5.16 Å². The number of nitrogens with one attached hydrogen (secondary N) is 1. The quantitative estimate of drug-likeness (QED) is 0.905. The Hall–Kier alpha value is -2.34. The van der Waals surface area contributed by atoms with Gasteiger partial charge in [-0.1, -0.05) is 24.3 Å². The topological polar surface area (TPSA) is 69.5 Å². The molecule has 1 fully saturated rings. The number of aromatic nitrogens is 1. The predicted molar refractivity (Wildman–Crippen MR) is 98.1 cm³/mol. The second-order valence-corrected chi connectivity index (χ2v) is 7.26. The van der Waals surface area contributed by atoms with E-state index in [1.165, 1.54) is 23.6 Å². The monoisotopic (exact) mass is 355 g/mol. The average molecular weight is 355 g/mol. The highest BCUT2D eigenvalue weighted by Gasteiger charge is 2.28. The minimum absolute atomic E-state index is 0.141. The Labute approximate surface area is 152 Å². The fourth-order valence-corrected chi connectivity index (χ4v) is 4.16. The van der Waals surface area contributed by atoms with Crippen molar-refractivity contribution >= 4 is 5.91 Å². The van der Waals surface area contributed by atoms with Gasteiger partial charge in [-0.05, 0) is 30.4 Å². The summed E-state index contributed by atoms with van der Waals surface area (Å²) in [6.07, 6.45) is 4.34. The standard InChI is InChI=1S/C20H25N3O3/c24-19-14-18(26-21-19)7-8-20(25)23-11-9-22(10-12-23)17-6-5-15-3-1-2-4-16(15)13-17/h1-4,14,17H,5-13H2,(H,21,24). The van der Waals surface area contributed by atoms with Gasteiger partial charge >= 0.3 is 0 Å². The molecule has 0 saturated carbocycles. The lowest BCUT2D eigenvalue weighted by Gasteiger charge is -2.41. The van der Waals surface area contributed by atoms with Gasteiger partial charge < -0.3 is 9.42 Å². The second-order valence-electron chi connectivity index (χ2n) is 7.26. The minimum Gasteiger partial charge on any atom is -0.384 e. The number of rotatable bonds is 4. The zero-order valence-electron chi connectivity index (χ0n) is 14.9. The fraction of sp³-hybridized carbons (Fsp3) is 0.500. The van der Waals surface area contributed by atoms with Crippen LogP contribution >= 0.6 is 0 Å². The van der Waals surface area contributed by atoms with Crippen molar-refractivity contribution in [2.45, 2.75) is 38.1 Å². The molecule has 2 heterocycles. The summed E-state index contributed by atoms with van der Waals surface area (Å²) < 4.78 is 5.01. The van der Waals surface area contributed by atoms with Gasteiger partial charge in [0.05, 0.1) is 0 Å². The molecule has 2 aliphatic rings. The summed E-state index contributed by atoms with van der Waals surface area (Å²) in [5.74, 6) is 0.686. The largest absolute Gasteiger partial charge is 0.384 e. The molecule has 6 nitrogen and oxygen atoms in total. The third-order valence-corrected chi connectivity index (χ3v) is 5.66. The third kappa shape index (κ3) is 3.75. The van der Waals surface area contributed by atoms with E-state index in [1.54, 1.807) is 0 Å². The molecule has 1 amide bonds. The first kappa shape index (κ1) is 17.1. The van der Waals surface area contributed by atoms with Gasteiger partial charge in [-0.3, -0.25) is 14.5 Å². The lowest BCUT2D eigenvalue weighted by atomic mass is 9.87. The van der Waals surface area contributed by atoms with Gasteiger partial charge in [0.25, 0.3) is 5.56 Å². The first-order valence-corrected chi connectivity index (χ1v) is 9.45. The molecule has 138 valence electrons. The number of aryl methyl sites for hydroxylation is 2. The SMILES string of the molecule is O=C(CCc1cc(=O)[nH]o1)N1CCN(C2CCc3ccccc3C2)CC1. The summed E-state index contributed by atoms with van der Waals surface area (Å²) in [5.41, 5.74) is 2.72. The lowest BCUT2D eigenvalue weighted by molar-refractivity contribution is -0.133. The number of piperazine rings is 1. The molecule has 0 spiro atoms. The number of fused-ring (bicyclic) bond motifs is 1. The Kier molecular flexibility index (Phi) is 4.93. The first-order chi connectivity index (χ1) is 12.7. The molecule has 1 atom stereocenters. The van der Waals surface area contributed by atoms with E-state index in [4.69, 9.17) is 4.52 Å². The highest BCUT2D eigenvalue weighted by molar-refractivity contribution is 5.76. The Bertz CT molecular complexity index is 817. The third-order valence-electron chi connectivity index (χ3n) is 5.66. The van der Waals surface area contributed by atoms with E-state index in [9.17, 15) is 9.59 Å². The normalized spacial score (nSPS) is 20.8. The fourth-order valence-electron chi connectivity index (χ4n) is 4.16. The molecule has 6 heteroatoms. The summed E-state index contributed by atoms with van der Waals surface area (Å²) in [6, 6.07) is 10.8.